The highest BCUT2D eigenvalue weighted by molar-refractivity contribution is 5.94. The summed E-state index contributed by atoms with van der Waals surface area (Å²) in [6.07, 6.45) is 2.52. The van der Waals surface area contributed by atoms with E-state index in [-0.39, 0.29) is 11.8 Å². The number of aromatic amines is 1. The molecule has 6 heteroatoms. The van der Waals surface area contributed by atoms with E-state index in [2.05, 4.69) is 22.4 Å². The molecule has 178 valence electrons. The van der Waals surface area contributed by atoms with Crippen LogP contribution >= 0.6 is 0 Å². The van der Waals surface area contributed by atoms with E-state index in [9.17, 15) is 9.59 Å². The molecule has 35 heavy (non-hydrogen) atoms. The molecule has 2 N–H and O–H groups in total. The minimum Gasteiger partial charge on any atom is -0.497 e. The van der Waals surface area contributed by atoms with Gasteiger partial charge in [-0.05, 0) is 72.0 Å². The summed E-state index contributed by atoms with van der Waals surface area (Å²) in [5, 5.41) is 4.16. The molecule has 4 aromatic rings. The predicted molar refractivity (Wildman–Crippen MR) is 138 cm³/mol. The lowest BCUT2D eigenvalue weighted by molar-refractivity contribution is -0.128. The third kappa shape index (κ3) is 5.06. The van der Waals surface area contributed by atoms with Crippen molar-refractivity contribution in [3.63, 3.8) is 0 Å². The van der Waals surface area contributed by atoms with Crippen LogP contribution in [0, 0.1) is 0 Å². The summed E-state index contributed by atoms with van der Waals surface area (Å²) in [6, 6.07) is 23.9. The summed E-state index contributed by atoms with van der Waals surface area (Å²) in [5.41, 5.74) is 6.05. The van der Waals surface area contributed by atoms with Crippen molar-refractivity contribution in [1.29, 1.82) is 0 Å². The van der Waals surface area contributed by atoms with E-state index in [0.29, 0.717) is 25.8 Å². The number of para-hydroxylation sites is 1. The molecule has 0 aliphatic carbocycles. The number of amides is 2. The van der Waals surface area contributed by atoms with Gasteiger partial charge < -0.3 is 19.9 Å². The molecule has 1 fully saturated rings. The number of ether oxygens (including phenoxy) is 1. The molecule has 2 heterocycles. The first-order valence-electron chi connectivity index (χ1n) is 12.0. The number of hydrogen-bond donors (Lipinski definition) is 2. The van der Waals surface area contributed by atoms with Crippen molar-refractivity contribution in [2.24, 2.45) is 0 Å². The van der Waals surface area contributed by atoms with E-state index in [1.165, 1.54) is 0 Å². The fourth-order valence-electron chi connectivity index (χ4n) is 4.76. The second-order valence-electron chi connectivity index (χ2n) is 8.92. The number of carbonyl (C=O) groups excluding carboxylic acids is 2. The lowest BCUT2D eigenvalue weighted by Crippen LogP contribution is -2.23. The number of anilines is 1. The number of nitrogens with one attached hydrogen (secondary N) is 2. The Morgan fingerprint density at radius 1 is 1.06 bits per heavy atom. The molecule has 1 aliphatic rings. The summed E-state index contributed by atoms with van der Waals surface area (Å²) in [4.78, 5) is 30.2. The van der Waals surface area contributed by atoms with Gasteiger partial charge in [0.1, 0.15) is 5.75 Å². The van der Waals surface area contributed by atoms with Gasteiger partial charge >= 0.3 is 0 Å². The summed E-state index contributed by atoms with van der Waals surface area (Å²) in [6.45, 7) is 1.39. The van der Waals surface area contributed by atoms with Gasteiger partial charge in [-0.15, -0.1) is 0 Å². The highest BCUT2D eigenvalue weighted by Gasteiger charge is 2.20. The van der Waals surface area contributed by atoms with Gasteiger partial charge in [-0.1, -0.05) is 30.3 Å². The number of rotatable bonds is 8. The average molecular weight is 468 g/mol. The van der Waals surface area contributed by atoms with E-state index in [1.54, 1.807) is 7.11 Å². The van der Waals surface area contributed by atoms with Crippen molar-refractivity contribution >= 4 is 28.4 Å². The van der Waals surface area contributed by atoms with Gasteiger partial charge in [0.05, 0.1) is 7.11 Å². The summed E-state index contributed by atoms with van der Waals surface area (Å²) in [7, 11) is 1.66. The minimum absolute atomic E-state index is 0.0367. The Labute approximate surface area is 204 Å². The van der Waals surface area contributed by atoms with Crippen LogP contribution in [0.25, 0.3) is 22.2 Å². The van der Waals surface area contributed by atoms with Gasteiger partial charge in [-0.2, -0.15) is 0 Å². The van der Waals surface area contributed by atoms with Gasteiger partial charge in [0, 0.05) is 48.2 Å². The van der Waals surface area contributed by atoms with Crippen LogP contribution in [0.1, 0.15) is 30.4 Å². The monoisotopic (exact) mass is 467 g/mol. The SMILES string of the molecule is COc1ccc(-c2[nH]c3ccccc3c2CCC(=O)Nc2cccc(CN3CCCC3=O)c2)cc1. The van der Waals surface area contributed by atoms with Gasteiger partial charge in [-0.3, -0.25) is 9.59 Å². The van der Waals surface area contributed by atoms with Crippen molar-refractivity contribution in [3.05, 3.63) is 83.9 Å². The average Bonchev–Trinajstić information content (AvgIpc) is 3.46. The third-order valence-corrected chi connectivity index (χ3v) is 6.55. The Kier molecular flexibility index (Phi) is 6.53. The molecule has 3 aromatic carbocycles. The summed E-state index contributed by atoms with van der Waals surface area (Å²) >= 11 is 0. The molecule has 2 amide bonds. The molecule has 0 atom stereocenters. The molecular formula is C29H29N3O3. The van der Waals surface area contributed by atoms with E-state index < -0.39 is 0 Å². The molecule has 0 unspecified atom stereocenters. The highest BCUT2D eigenvalue weighted by Crippen LogP contribution is 2.32. The topological polar surface area (TPSA) is 74.4 Å². The maximum Gasteiger partial charge on any atom is 0.224 e. The number of H-pyrrole nitrogens is 1. The van der Waals surface area contributed by atoms with Crippen LogP contribution < -0.4 is 10.1 Å². The molecule has 1 saturated heterocycles. The van der Waals surface area contributed by atoms with Crippen LogP contribution in [0.2, 0.25) is 0 Å². The Morgan fingerprint density at radius 2 is 1.89 bits per heavy atom. The zero-order valence-corrected chi connectivity index (χ0v) is 19.8. The van der Waals surface area contributed by atoms with Crippen LogP contribution in [0.3, 0.4) is 0 Å². The first-order valence-corrected chi connectivity index (χ1v) is 12.0. The Balaban J connectivity index is 1.30. The quantitative estimate of drug-likeness (QED) is 0.357. The van der Waals surface area contributed by atoms with Crippen molar-refractivity contribution < 1.29 is 14.3 Å². The number of aromatic nitrogens is 1. The fraction of sp³-hybridized carbons (Fsp3) is 0.241. The molecule has 1 aromatic heterocycles. The van der Waals surface area contributed by atoms with Crippen molar-refractivity contribution in [3.8, 4) is 17.0 Å². The molecule has 6 nitrogen and oxygen atoms in total. The number of carbonyl (C=O) groups is 2. The van der Waals surface area contributed by atoms with Crippen molar-refractivity contribution in [2.45, 2.75) is 32.2 Å². The van der Waals surface area contributed by atoms with E-state index >= 15 is 0 Å². The Bertz CT molecular complexity index is 1360. The second kappa shape index (κ2) is 10.1. The molecule has 0 saturated carbocycles. The van der Waals surface area contributed by atoms with Crippen LogP contribution in [-0.2, 0) is 22.6 Å². The molecule has 0 spiro atoms. The van der Waals surface area contributed by atoms with Crippen LogP contribution in [0.15, 0.2) is 72.8 Å². The molecule has 1 aliphatic heterocycles. The Morgan fingerprint density at radius 3 is 2.66 bits per heavy atom. The molecular weight excluding hydrogens is 438 g/mol. The van der Waals surface area contributed by atoms with Gasteiger partial charge in [0.25, 0.3) is 0 Å². The zero-order chi connectivity index (χ0) is 24.2. The number of benzene rings is 3. The normalized spacial score (nSPS) is 13.4. The first kappa shape index (κ1) is 22.7. The van der Waals surface area contributed by atoms with Crippen LogP contribution in [0.5, 0.6) is 5.75 Å². The summed E-state index contributed by atoms with van der Waals surface area (Å²) in [5.74, 6) is 0.971. The lowest BCUT2D eigenvalue weighted by atomic mass is 10.0. The fourth-order valence-corrected chi connectivity index (χ4v) is 4.76. The Hall–Kier alpha value is -4.06. The number of hydrogen-bond acceptors (Lipinski definition) is 3. The van der Waals surface area contributed by atoms with Gasteiger partial charge in [0.15, 0.2) is 0 Å². The van der Waals surface area contributed by atoms with Crippen LogP contribution in [-0.4, -0.2) is 35.4 Å². The second-order valence-corrected chi connectivity index (χ2v) is 8.92. The largest absolute Gasteiger partial charge is 0.497 e. The van der Waals surface area contributed by atoms with E-state index in [1.807, 2.05) is 65.6 Å². The molecule has 0 radical (unpaired) electrons. The highest BCUT2D eigenvalue weighted by atomic mass is 16.5. The smallest absolute Gasteiger partial charge is 0.224 e. The number of methoxy groups -OCH3 is 1. The van der Waals surface area contributed by atoms with E-state index in [0.717, 1.165) is 57.7 Å². The van der Waals surface area contributed by atoms with Gasteiger partial charge in [-0.25, -0.2) is 0 Å². The lowest BCUT2D eigenvalue weighted by Gasteiger charge is -2.16. The van der Waals surface area contributed by atoms with E-state index in [4.69, 9.17) is 4.74 Å². The zero-order valence-electron chi connectivity index (χ0n) is 19.8. The number of fused-ring (bicyclic) bond motifs is 1. The number of likely N-dealkylation sites (tertiary alicyclic amines) is 1. The van der Waals surface area contributed by atoms with Crippen molar-refractivity contribution in [2.75, 3.05) is 19.0 Å². The van der Waals surface area contributed by atoms with Crippen LogP contribution in [0.4, 0.5) is 5.69 Å². The molecule has 5 rings (SSSR count). The predicted octanol–water partition coefficient (Wildman–Crippen LogP) is 5.54. The maximum atomic E-state index is 12.9. The third-order valence-electron chi connectivity index (χ3n) is 6.55. The summed E-state index contributed by atoms with van der Waals surface area (Å²) < 4.78 is 5.30. The standard InChI is InChI=1S/C29H29N3O3/c1-35-23-13-11-21(12-14-23)29-25(24-8-2-3-9-26(24)31-29)15-16-27(33)30-22-7-4-6-20(18-22)19-32-17-5-10-28(32)34/h2-4,6-9,11-14,18,31H,5,10,15-17,19H2,1H3,(H,30,33). The first-order chi connectivity index (χ1) is 17.1. The number of aryl methyl sites for hydroxylation is 1. The number of nitrogens with zero attached hydrogens (tertiary/aromatic N) is 1. The maximum absolute atomic E-state index is 12.9. The van der Waals surface area contributed by atoms with Crippen molar-refractivity contribution in [1.82, 2.24) is 9.88 Å². The minimum atomic E-state index is -0.0367. The molecule has 0 bridgehead atoms. The van der Waals surface area contributed by atoms with Gasteiger partial charge in [0.2, 0.25) is 11.8 Å².